The van der Waals surface area contributed by atoms with Crippen molar-refractivity contribution in [2.24, 2.45) is 0 Å². The van der Waals surface area contributed by atoms with Crippen molar-refractivity contribution in [3.63, 3.8) is 0 Å². The molecule has 23 heavy (non-hydrogen) atoms. The Morgan fingerprint density at radius 3 is 1.04 bits per heavy atom. The highest BCUT2D eigenvalue weighted by Gasteiger charge is 2.03. The molecule has 0 aliphatic rings. The third-order valence-electron chi connectivity index (χ3n) is 5.03. The van der Waals surface area contributed by atoms with Gasteiger partial charge < -0.3 is 5.11 Å². The second-order valence-electron chi connectivity index (χ2n) is 7.53. The lowest BCUT2D eigenvalue weighted by atomic mass is 10.0. The highest BCUT2D eigenvalue weighted by atomic mass is 16.3. The number of unbranched alkanes of at least 4 members (excludes halogenated alkanes) is 15. The van der Waals surface area contributed by atoms with E-state index >= 15 is 0 Å². The lowest BCUT2D eigenvalue weighted by Gasteiger charge is -2.10. The van der Waals surface area contributed by atoms with E-state index in [9.17, 15) is 5.11 Å². The minimum atomic E-state index is -0.0282. The maximum Gasteiger partial charge on any atom is 0.0540 e. The van der Waals surface area contributed by atoms with Gasteiger partial charge in [-0.25, -0.2) is 0 Å². The second-order valence-corrected chi connectivity index (χ2v) is 7.53. The monoisotopic (exact) mass is 326 g/mol. The summed E-state index contributed by atoms with van der Waals surface area (Å²) in [6.07, 6.45) is 25.4. The maximum atomic E-state index is 9.93. The van der Waals surface area contributed by atoms with Gasteiger partial charge in [0, 0.05) is 0 Å². The molecule has 0 aliphatic heterocycles. The van der Waals surface area contributed by atoms with Crippen LogP contribution in [0.15, 0.2) is 0 Å². The highest BCUT2D eigenvalue weighted by molar-refractivity contribution is 4.57. The van der Waals surface area contributed by atoms with E-state index in [0.29, 0.717) is 0 Å². The summed E-state index contributed by atoms with van der Waals surface area (Å²) in [5.41, 5.74) is 0. The van der Waals surface area contributed by atoms with E-state index in [0.717, 1.165) is 12.8 Å². The first kappa shape index (κ1) is 23.0. The Kier molecular flexibility index (Phi) is 20.0. The van der Waals surface area contributed by atoms with Crippen LogP contribution < -0.4 is 0 Å². The molecule has 0 amide bonds. The third-order valence-corrected chi connectivity index (χ3v) is 5.03. The van der Waals surface area contributed by atoms with Crippen molar-refractivity contribution in [2.75, 3.05) is 0 Å². The highest BCUT2D eigenvalue weighted by Crippen LogP contribution is 2.15. The van der Waals surface area contributed by atoms with Gasteiger partial charge in [-0.3, -0.25) is 0 Å². The van der Waals surface area contributed by atoms with Gasteiger partial charge >= 0.3 is 0 Å². The molecule has 1 unspecified atom stereocenters. The zero-order valence-corrected chi connectivity index (χ0v) is 16.5. The summed E-state index contributed by atoms with van der Waals surface area (Å²) in [5.74, 6) is 0. The lowest BCUT2D eigenvalue weighted by molar-refractivity contribution is 0.147. The van der Waals surface area contributed by atoms with Crippen LogP contribution in [0.2, 0.25) is 0 Å². The fraction of sp³-hybridized carbons (Fsp3) is 1.00. The SMILES string of the molecule is CCCCCCCCCCCCCCCC(O)CCCCCC. The number of aliphatic hydroxyl groups is 1. The first-order valence-electron chi connectivity index (χ1n) is 11.0. The van der Waals surface area contributed by atoms with Crippen LogP contribution in [0.1, 0.15) is 136 Å². The Hall–Kier alpha value is -0.0400. The fourth-order valence-electron chi connectivity index (χ4n) is 3.35. The van der Waals surface area contributed by atoms with Crippen LogP contribution in [-0.2, 0) is 0 Å². The minimum Gasteiger partial charge on any atom is -0.393 e. The summed E-state index contributed by atoms with van der Waals surface area (Å²) < 4.78 is 0. The van der Waals surface area contributed by atoms with Gasteiger partial charge in [-0.1, -0.05) is 123 Å². The third kappa shape index (κ3) is 19.9. The van der Waals surface area contributed by atoms with E-state index in [2.05, 4.69) is 13.8 Å². The largest absolute Gasteiger partial charge is 0.393 e. The molecular weight excluding hydrogens is 280 g/mol. The van der Waals surface area contributed by atoms with Crippen LogP contribution in [0, 0.1) is 0 Å². The van der Waals surface area contributed by atoms with E-state index in [-0.39, 0.29) is 6.10 Å². The molecular formula is C22H46O. The molecule has 0 spiro atoms. The van der Waals surface area contributed by atoms with Crippen molar-refractivity contribution in [3.8, 4) is 0 Å². The molecule has 1 N–H and O–H groups in total. The Labute approximate surface area is 147 Å². The lowest BCUT2D eigenvalue weighted by Crippen LogP contribution is -2.05. The topological polar surface area (TPSA) is 20.2 Å². The Morgan fingerprint density at radius 1 is 0.435 bits per heavy atom. The summed E-state index contributed by atoms with van der Waals surface area (Å²) >= 11 is 0. The van der Waals surface area contributed by atoms with Crippen molar-refractivity contribution < 1.29 is 5.11 Å². The molecule has 140 valence electrons. The van der Waals surface area contributed by atoms with Gasteiger partial charge in [-0.2, -0.15) is 0 Å². The molecule has 1 nitrogen and oxygen atoms in total. The van der Waals surface area contributed by atoms with E-state index in [4.69, 9.17) is 0 Å². The molecule has 1 atom stereocenters. The van der Waals surface area contributed by atoms with E-state index in [1.54, 1.807) is 0 Å². The van der Waals surface area contributed by atoms with Crippen LogP contribution >= 0.6 is 0 Å². The molecule has 0 bridgehead atoms. The molecule has 0 aromatic rings. The van der Waals surface area contributed by atoms with Crippen molar-refractivity contribution in [2.45, 2.75) is 142 Å². The predicted molar refractivity (Wildman–Crippen MR) is 105 cm³/mol. The summed E-state index contributed by atoms with van der Waals surface area (Å²) in [6, 6.07) is 0. The second kappa shape index (κ2) is 20.0. The average molecular weight is 327 g/mol. The first-order valence-corrected chi connectivity index (χ1v) is 11.0. The average Bonchev–Trinajstić information content (AvgIpc) is 2.56. The molecule has 0 aromatic heterocycles. The molecule has 0 saturated heterocycles. The van der Waals surface area contributed by atoms with Crippen LogP contribution in [0.5, 0.6) is 0 Å². The summed E-state index contributed by atoms with van der Waals surface area (Å²) in [4.78, 5) is 0. The minimum absolute atomic E-state index is 0.0282. The van der Waals surface area contributed by atoms with Crippen molar-refractivity contribution in [1.82, 2.24) is 0 Å². The Balaban J connectivity index is 3.07. The van der Waals surface area contributed by atoms with Crippen LogP contribution in [0.3, 0.4) is 0 Å². The number of aliphatic hydroxyl groups excluding tert-OH is 1. The van der Waals surface area contributed by atoms with Crippen LogP contribution in [0.4, 0.5) is 0 Å². The van der Waals surface area contributed by atoms with Crippen molar-refractivity contribution in [1.29, 1.82) is 0 Å². The van der Waals surface area contributed by atoms with Crippen LogP contribution in [-0.4, -0.2) is 11.2 Å². The number of hydrogen-bond donors (Lipinski definition) is 1. The molecule has 0 fully saturated rings. The molecule has 0 heterocycles. The molecule has 0 saturated carbocycles. The molecule has 1 heteroatoms. The van der Waals surface area contributed by atoms with Gasteiger partial charge in [0.2, 0.25) is 0 Å². The van der Waals surface area contributed by atoms with Crippen LogP contribution in [0.25, 0.3) is 0 Å². The molecule has 0 aromatic carbocycles. The molecule has 0 radical (unpaired) electrons. The standard InChI is InChI=1S/C22H46O/c1-3-5-7-9-10-11-12-13-14-15-16-17-19-21-22(23)20-18-8-6-4-2/h22-23H,3-21H2,1-2H3. The van der Waals surface area contributed by atoms with Crippen molar-refractivity contribution in [3.05, 3.63) is 0 Å². The van der Waals surface area contributed by atoms with Gasteiger partial charge in [-0.15, -0.1) is 0 Å². The first-order chi connectivity index (χ1) is 11.3. The van der Waals surface area contributed by atoms with Gasteiger partial charge in [0.1, 0.15) is 0 Å². The Bertz CT molecular complexity index is 202. The molecule has 0 rings (SSSR count). The molecule has 0 aliphatic carbocycles. The van der Waals surface area contributed by atoms with Gasteiger partial charge in [0.05, 0.1) is 6.10 Å². The predicted octanol–water partition coefficient (Wildman–Crippen LogP) is 7.80. The zero-order chi connectivity index (χ0) is 17.0. The smallest absolute Gasteiger partial charge is 0.0540 e. The fourth-order valence-corrected chi connectivity index (χ4v) is 3.35. The van der Waals surface area contributed by atoms with E-state index in [1.807, 2.05) is 0 Å². The van der Waals surface area contributed by atoms with Crippen molar-refractivity contribution >= 4 is 0 Å². The van der Waals surface area contributed by atoms with E-state index < -0.39 is 0 Å². The van der Waals surface area contributed by atoms with E-state index in [1.165, 1.54) is 109 Å². The zero-order valence-electron chi connectivity index (χ0n) is 16.5. The summed E-state index contributed by atoms with van der Waals surface area (Å²) in [5, 5.41) is 9.93. The van der Waals surface area contributed by atoms with Gasteiger partial charge in [0.25, 0.3) is 0 Å². The van der Waals surface area contributed by atoms with Gasteiger partial charge in [-0.05, 0) is 12.8 Å². The Morgan fingerprint density at radius 2 is 0.696 bits per heavy atom. The normalized spacial score (nSPS) is 12.7. The number of hydrogen-bond acceptors (Lipinski definition) is 1. The number of rotatable bonds is 19. The summed E-state index contributed by atoms with van der Waals surface area (Å²) in [7, 11) is 0. The quantitative estimate of drug-likeness (QED) is 0.240. The van der Waals surface area contributed by atoms with Gasteiger partial charge in [0.15, 0.2) is 0 Å². The maximum absolute atomic E-state index is 9.93. The summed E-state index contributed by atoms with van der Waals surface area (Å²) in [6.45, 7) is 4.53.